The Kier molecular flexibility index (Phi) is 3.82. The fourth-order valence-electron chi connectivity index (χ4n) is 1.66. The molecule has 0 saturated carbocycles. The summed E-state index contributed by atoms with van der Waals surface area (Å²) in [5, 5.41) is 26.8. The van der Waals surface area contributed by atoms with Crippen LogP contribution in [-0.2, 0) is 16.6 Å². The fraction of sp³-hybridized carbons (Fsp3) is 0.0769. The van der Waals surface area contributed by atoms with Gasteiger partial charge in [0.2, 0.25) is 10.0 Å². The van der Waals surface area contributed by atoms with E-state index >= 15 is 0 Å². The van der Waals surface area contributed by atoms with Crippen molar-refractivity contribution in [3.05, 3.63) is 48.0 Å². The van der Waals surface area contributed by atoms with Gasteiger partial charge in [-0.3, -0.25) is 0 Å². The maximum Gasteiger partial charge on any atom is 0.238 e. The zero-order chi connectivity index (χ0) is 14.8. The molecule has 2 aromatic rings. The Morgan fingerprint density at radius 2 is 1.70 bits per heavy atom. The molecule has 0 fully saturated rings. The lowest BCUT2D eigenvalue weighted by Crippen LogP contribution is -2.12. The van der Waals surface area contributed by atoms with Crippen molar-refractivity contribution >= 4 is 15.7 Å². The standard InChI is InChI=1S/C13H14N2O4S/c14-20(18,19)12-5-2-10(3-6-12)15-8-9-1-4-11(16)7-13(9)17/h1-7,15-17H,8H2,(H2,14,18,19). The summed E-state index contributed by atoms with van der Waals surface area (Å²) in [7, 11) is -3.69. The molecule has 0 aliphatic carbocycles. The first-order valence-corrected chi connectivity index (χ1v) is 7.28. The number of nitrogens with two attached hydrogens (primary N) is 1. The minimum absolute atomic E-state index is 0.0104. The molecule has 0 amide bonds. The Morgan fingerprint density at radius 3 is 2.25 bits per heavy atom. The van der Waals surface area contributed by atoms with Gasteiger partial charge in [0.15, 0.2) is 0 Å². The first-order valence-electron chi connectivity index (χ1n) is 5.74. The van der Waals surface area contributed by atoms with Crippen LogP contribution in [0.15, 0.2) is 47.4 Å². The smallest absolute Gasteiger partial charge is 0.238 e. The molecule has 0 aliphatic rings. The molecular formula is C13H14N2O4S. The molecule has 106 valence electrons. The average molecular weight is 294 g/mol. The van der Waals surface area contributed by atoms with Crippen LogP contribution >= 0.6 is 0 Å². The van der Waals surface area contributed by atoms with Crippen LogP contribution in [0, 0.1) is 0 Å². The van der Waals surface area contributed by atoms with E-state index in [4.69, 9.17) is 5.14 Å². The first-order chi connectivity index (χ1) is 9.36. The Labute approximate surface area is 116 Å². The number of phenols is 2. The minimum atomic E-state index is -3.69. The van der Waals surface area contributed by atoms with Crippen molar-refractivity contribution in [3.63, 3.8) is 0 Å². The van der Waals surface area contributed by atoms with E-state index in [0.29, 0.717) is 17.8 Å². The highest BCUT2D eigenvalue weighted by Gasteiger charge is 2.07. The molecule has 0 radical (unpaired) electrons. The third-order valence-corrected chi connectivity index (χ3v) is 3.66. The van der Waals surface area contributed by atoms with Crippen LogP contribution in [0.4, 0.5) is 5.69 Å². The number of hydrogen-bond donors (Lipinski definition) is 4. The monoisotopic (exact) mass is 294 g/mol. The maximum absolute atomic E-state index is 11.1. The molecule has 0 aromatic heterocycles. The SMILES string of the molecule is NS(=O)(=O)c1ccc(NCc2ccc(O)cc2O)cc1. The van der Waals surface area contributed by atoms with E-state index in [1.165, 1.54) is 24.3 Å². The molecule has 0 bridgehead atoms. The van der Waals surface area contributed by atoms with Crippen molar-refractivity contribution in [3.8, 4) is 11.5 Å². The molecule has 0 spiro atoms. The van der Waals surface area contributed by atoms with E-state index < -0.39 is 10.0 Å². The number of primary sulfonamides is 1. The van der Waals surface area contributed by atoms with Crippen LogP contribution in [0.5, 0.6) is 11.5 Å². The fourth-order valence-corrected chi connectivity index (χ4v) is 2.18. The van der Waals surface area contributed by atoms with Gasteiger partial charge < -0.3 is 15.5 Å². The second-order valence-corrected chi connectivity index (χ2v) is 5.80. The summed E-state index contributed by atoms with van der Waals surface area (Å²) in [5.41, 5.74) is 1.29. The van der Waals surface area contributed by atoms with E-state index in [2.05, 4.69) is 5.32 Å². The van der Waals surface area contributed by atoms with E-state index in [-0.39, 0.29) is 16.4 Å². The lowest BCUT2D eigenvalue weighted by molar-refractivity contribution is 0.446. The minimum Gasteiger partial charge on any atom is -0.508 e. The zero-order valence-electron chi connectivity index (χ0n) is 10.4. The molecule has 6 nitrogen and oxygen atoms in total. The predicted octanol–water partition coefficient (Wildman–Crippen LogP) is 1.36. The lowest BCUT2D eigenvalue weighted by atomic mass is 10.2. The molecular weight excluding hydrogens is 280 g/mol. The molecule has 2 rings (SSSR count). The van der Waals surface area contributed by atoms with Gasteiger partial charge in [-0.2, -0.15) is 0 Å². The van der Waals surface area contributed by atoms with E-state index in [0.717, 1.165) is 0 Å². The van der Waals surface area contributed by atoms with Crippen LogP contribution in [0.2, 0.25) is 0 Å². The largest absolute Gasteiger partial charge is 0.508 e. The molecule has 7 heteroatoms. The highest BCUT2D eigenvalue weighted by Crippen LogP contribution is 2.23. The molecule has 5 N–H and O–H groups in total. The number of rotatable bonds is 4. The Bertz CT molecular complexity index is 712. The van der Waals surface area contributed by atoms with Crippen molar-refractivity contribution in [1.29, 1.82) is 0 Å². The molecule has 2 aromatic carbocycles. The molecule has 0 heterocycles. The Morgan fingerprint density at radius 1 is 1.05 bits per heavy atom. The number of anilines is 1. The van der Waals surface area contributed by atoms with Crippen LogP contribution in [-0.4, -0.2) is 18.6 Å². The Balaban J connectivity index is 2.08. The predicted molar refractivity (Wildman–Crippen MR) is 74.9 cm³/mol. The molecule has 0 unspecified atom stereocenters. The number of phenolic OH excluding ortho intramolecular Hbond substituents is 2. The highest BCUT2D eigenvalue weighted by atomic mass is 32.2. The summed E-state index contributed by atoms with van der Waals surface area (Å²) in [6.07, 6.45) is 0. The van der Waals surface area contributed by atoms with Gasteiger partial charge in [0.25, 0.3) is 0 Å². The zero-order valence-corrected chi connectivity index (χ0v) is 11.3. The topological polar surface area (TPSA) is 113 Å². The molecule has 20 heavy (non-hydrogen) atoms. The maximum atomic E-state index is 11.1. The summed E-state index contributed by atoms with van der Waals surface area (Å²) in [6.45, 7) is 0.334. The van der Waals surface area contributed by atoms with Crippen LogP contribution in [0.25, 0.3) is 0 Å². The normalized spacial score (nSPS) is 11.2. The quantitative estimate of drug-likeness (QED) is 0.680. The number of aromatic hydroxyl groups is 2. The van der Waals surface area contributed by atoms with Gasteiger partial charge in [-0.05, 0) is 36.4 Å². The van der Waals surface area contributed by atoms with Crippen molar-refractivity contribution in [2.45, 2.75) is 11.4 Å². The summed E-state index contributed by atoms with van der Waals surface area (Å²) in [4.78, 5) is 0.0375. The van der Waals surface area contributed by atoms with Crippen LogP contribution in [0.3, 0.4) is 0 Å². The number of nitrogens with one attached hydrogen (secondary N) is 1. The van der Waals surface area contributed by atoms with Gasteiger partial charge in [-0.25, -0.2) is 13.6 Å². The highest BCUT2D eigenvalue weighted by molar-refractivity contribution is 7.89. The summed E-state index contributed by atoms with van der Waals surface area (Å²) in [5.74, 6) is -0.0255. The van der Waals surface area contributed by atoms with Crippen molar-refractivity contribution < 1.29 is 18.6 Å². The van der Waals surface area contributed by atoms with Crippen molar-refractivity contribution in [1.82, 2.24) is 0 Å². The van der Waals surface area contributed by atoms with Gasteiger partial charge in [-0.1, -0.05) is 0 Å². The van der Waals surface area contributed by atoms with Crippen LogP contribution < -0.4 is 10.5 Å². The lowest BCUT2D eigenvalue weighted by Gasteiger charge is -2.09. The number of benzene rings is 2. The average Bonchev–Trinajstić information content (AvgIpc) is 2.37. The molecule has 0 atom stereocenters. The third kappa shape index (κ3) is 3.40. The first kappa shape index (κ1) is 14.2. The second-order valence-electron chi connectivity index (χ2n) is 4.24. The van der Waals surface area contributed by atoms with Crippen LogP contribution in [0.1, 0.15) is 5.56 Å². The summed E-state index contributed by atoms with van der Waals surface area (Å²) < 4.78 is 22.2. The Hall–Kier alpha value is -2.25. The van der Waals surface area contributed by atoms with E-state index in [1.807, 2.05) is 0 Å². The second kappa shape index (κ2) is 5.40. The van der Waals surface area contributed by atoms with Gasteiger partial charge in [0.05, 0.1) is 4.90 Å². The van der Waals surface area contributed by atoms with Crippen molar-refractivity contribution in [2.24, 2.45) is 5.14 Å². The molecule has 0 aliphatic heterocycles. The third-order valence-electron chi connectivity index (χ3n) is 2.73. The van der Waals surface area contributed by atoms with E-state index in [9.17, 15) is 18.6 Å². The molecule has 0 saturated heterocycles. The van der Waals surface area contributed by atoms with Gasteiger partial charge in [-0.15, -0.1) is 0 Å². The number of hydrogen-bond acceptors (Lipinski definition) is 5. The van der Waals surface area contributed by atoms with Gasteiger partial charge in [0, 0.05) is 23.9 Å². The van der Waals surface area contributed by atoms with Gasteiger partial charge in [0.1, 0.15) is 11.5 Å². The van der Waals surface area contributed by atoms with Gasteiger partial charge >= 0.3 is 0 Å². The summed E-state index contributed by atoms with van der Waals surface area (Å²) >= 11 is 0. The van der Waals surface area contributed by atoms with Crippen molar-refractivity contribution in [2.75, 3.05) is 5.32 Å². The number of sulfonamides is 1. The van der Waals surface area contributed by atoms with E-state index in [1.54, 1.807) is 18.2 Å². The summed E-state index contributed by atoms with van der Waals surface area (Å²) in [6, 6.07) is 10.3.